The molecule has 0 spiro atoms. The Kier molecular flexibility index (Phi) is 6.12. The van der Waals surface area contributed by atoms with E-state index >= 15 is 0 Å². The van der Waals surface area contributed by atoms with Crippen molar-refractivity contribution < 1.29 is 19.2 Å². The minimum atomic E-state index is -2.76. The van der Waals surface area contributed by atoms with Crippen molar-refractivity contribution in [2.24, 2.45) is 0 Å². The molecule has 2 aromatic carbocycles. The van der Waals surface area contributed by atoms with Crippen LogP contribution in [0.1, 0.15) is 27.7 Å². The SMILES string of the molecule is CP(C)(=O)C(O)COC(=O)c1cncn1C(c1ccccc1)c1ccccc1. The number of carbonyl (C=O) groups is 1. The number of hydrogen-bond donors (Lipinski definition) is 1. The molecule has 0 aliphatic heterocycles. The van der Waals surface area contributed by atoms with Crippen molar-refractivity contribution in [1.82, 2.24) is 9.55 Å². The van der Waals surface area contributed by atoms with Gasteiger partial charge in [-0.1, -0.05) is 60.7 Å². The van der Waals surface area contributed by atoms with Crippen molar-refractivity contribution >= 4 is 13.1 Å². The molecule has 146 valence electrons. The van der Waals surface area contributed by atoms with E-state index in [1.165, 1.54) is 19.5 Å². The molecule has 0 aliphatic rings. The molecule has 0 aliphatic carbocycles. The number of rotatable bonds is 7. The molecule has 1 N–H and O–H groups in total. The number of esters is 1. The summed E-state index contributed by atoms with van der Waals surface area (Å²) < 4.78 is 18.9. The second-order valence-electron chi connectivity index (χ2n) is 6.92. The maximum Gasteiger partial charge on any atom is 0.356 e. The van der Waals surface area contributed by atoms with E-state index in [0.29, 0.717) is 0 Å². The lowest BCUT2D eigenvalue weighted by molar-refractivity contribution is 0.0373. The number of aliphatic hydroxyl groups is 1. The summed E-state index contributed by atoms with van der Waals surface area (Å²) in [6.07, 6.45) is 3.02. The first-order chi connectivity index (χ1) is 13.4. The molecular formula is C21H23N2O4P. The predicted molar refractivity (Wildman–Crippen MR) is 108 cm³/mol. The summed E-state index contributed by atoms with van der Waals surface area (Å²) in [6.45, 7) is 2.59. The number of ether oxygens (including phenoxy) is 1. The van der Waals surface area contributed by atoms with Gasteiger partial charge in [0, 0.05) is 0 Å². The lowest BCUT2D eigenvalue weighted by Crippen LogP contribution is -2.22. The molecule has 0 radical (unpaired) electrons. The van der Waals surface area contributed by atoms with Gasteiger partial charge >= 0.3 is 5.97 Å². The van der Waals surface area contributed by atoms with E-state index < -0.39 is 19.0 Å². The Bertz CT molecular complexity index is 927. The minimum Gasteiger partial charge on any atom is -0.458 e. The van der Waals surface area contributed by atoms with Crippen molar-refractivity contribution in [2.75, 3.05) is 19.9 Å². The monoisotopic (exact) mass is 398 g/mol. The quantitative estimate of drug-likeness (QED) is 0.486. The molecule has 0 bridgehead atoms. The number of nitrogens with zero attached hydrogens (tertiary/aromatic N) is 2. The van der Waals surface area contributed by atoms with Gasteiger partial charge in [-0.15, -0.1) is 0 Å². The fourth-order valence-corrected chi connectivity index (χ4v) is 3.29. The van der Waals surface area contributed by atoms with Crippen LogP contribution < -0.4 is 0 Å². The lowest BCUT2D eigenvalue weighted by atomic mass is 9.98. The summed E-state index contributed by atoms with van der Waals surface area (Å²) >= 11 is 0. The Labute approximate surface area is 164 Å². The molecule has 6 nitrogen and oxygen atoms in total. The highest BCUT2D eigenvalue weighted by atomic mass is 31.2. The van der Waals surface area contributed by atoms with Crippen LogP contribution in [-0.4, -0.2) is 46.4 Å². The van der Waals surface area contributed by atoms with Crippen LogP contribution in [-0.2, 0) is 9.30 Å². The average Bonchev–Trinajstić information content (AvgIpc) is 3.16. The second kappa shape index (κ2) is 8.55. The molecule has 3 rings (SSSR count). The molecule has 0 fully saturated rings. The fourth-order valence-electron chi connectivity index (χ4n) is 2.86. The van der Waals surface area contributed by atoms with E-state index in [4.69, 9.17) is 4.74 Å². The number of hydrogen-bond acceptors (Lipinski definition) is 5. The van der Waals surface area contributed by atoms with Crippen molar-refractivity contribution in [3.05, 3.63) is 90.0 Å². The van der Waals surface area contributed by atoms with Crippen LogP contribution in [0.4, 0.5) is 0 Å². The largest absolute Gasteiger partial charge is 0.458 e. The van der Waals surface area contributed by atoms with Gasteiger partial charge in [0.1, 0.15) is 25.3 Å². The highest BCUT2D eigenvalue weighted by Crippen LogP contribution is 2.40. The molecule has 1 heterocycles. The molecule has 7 heteroatoms. The molecule has 1 atom stereocenters. The maximum atomic E-state index is 12.6. The van der Waals surface area contributed by atoms with Gasteiger partial charge in [0.25, 0.3) is 0 Å². The Morgan fingerprint density at radius 2 is 1.61 bits per heavy atom. The summed E-state index contributed by atoms with van der Waals surface area (Å²) in [5.41, 5.74) is 2.24. The Morgan fingerprint density at radius 3 is 2.11 bits per heavy atom. The fraction of sp³-hybridized carbons (Fsp3) is 0.238. The molecule has 0 saturated carbocycles. The van der Waals surface area contributed by atoms with Crippen LogP contribution in [0.2, 0.25) is 0 Å². The summed E-state index contributed by atoms with van der Waals surface area (Å²) in [7, 11) is -2.76. The van der Waals surface area contributed by atoms with Crippen LogP contribution in [0, 0.1) is 0 Å². The van der Waals surface area contributed by atoms with E-state index in [1.807, 2.05) is 60.7 Å². The normalized spacial score (nSPS) is 12.7. The first-order valence-corrected chi connectivity index (χ1v) is 11.6. The van der Waals surface area contributed by atoms with Crippen molar-refractivity contribution in [3.8, 4) is 0 Å². The van der Waals surface area contributed by atoms with Gasteiger partial charge in [-0.25, -0.2) is 9.78 Å². The average molecular weight is 398 g/mol. The second-order valence-corrected chi connectivity index (χ2v) is 10.4. The van der Waals surface area contributed by atoms with Crippen LogP contribution in [0.25, 0.3) is 0 Å². The molecule has 3 aromatic rings. The maximum absolute atomic E-state index is 12.6. The predicted octanol–water partition coefficient (Wildman–Crippen LogP) is 3.62. The van der Waals surface area contributed by atoms with E-state index in [9.17, 15) is 14.5 Å². The Hall–Kier alpha value is -2.69. The lowest BCUT2D eigenvalue weighted by Gasteiger charge is -2.22. The number of imidazole rings is 1. The van der Waals surface area contributed by atoms with Gasteiger partial charge in [0.15, 0.2) is 0 Å². The third-order valence-corrected chi connectivity index (χ3v) is 6.05. The van der Waals surface area contributed by atoms with Gasteiger partial charge < -0.3 is 19.0 Å². The molecule has 1 unspecified atom stereocenters. The first kappa shape index (κ1) is 20.1. The van der Waals surface area contributed by atoms with Crippen molar-refractivity contribution in [3.63, 3.8) is 0 Å². The van der Waals surface area contributed by atoms with Gasteiger partial charge in [-0.2, -0.15) is 0 Å². The van der Waals surface area contributed by atoms with Gasteiger partial charge in [-0.05, 0) is 24.5 Å². The zero-order valence-electron chi connectivity index (χ0n) is 15.8. The molecule has 1 aromatic heterocycles. The van der Waals surface area contributed by atoms with Gasteiger partial charge in [0.05, 0.1) is 18.6 Å². The number of carbonyl (C=O) groups excluding carboxylic acids is 1. The summed E-state index contributed by atoms with van der Waals surface area (Å²) in [6, 6.07) is 19.3. The number of aromatic nitrogens is 2. The van der Waals surface area contributed by atoms with Crippen LogP contribution >= 0.6 is 7.14 Å². The number of benzene rings is 2. The summed E-state index contributed by atoms with van der Waals surface area (Å²) in [5, 5.41) is 9.90. The van der Waals surface area contributed by atoms with Gasteiger partial charge in [-0.3, -0.25) is 0 Å². The smallest absolute Gasteiger partial charge is 0.356 e. The van der Waals surface area contributed by atoms with E-state index in [0.717, 1.165) is 11.1 Å². The molecule has 28 heavy (non-hydrogen) atoms. The number of aliphatic hydroxyl groups excluding tert-OH is 1. The van der Waals surface area contributed by atoms with Crippen molar-refractivity contribution in [1.29, 1.82) is 0 Å². The summed E-state index contributed by atoms with van der Waals surface area (Å²) in [4.78, 5) is 16.8. The van der Waals surface area contributed by atoms with Crippen LogP contribution in [0.15, 0.2) is 73.2 Å². The molecule has 0 saturated heterocycles. The third kappa shape index (κ3) is 4.58. The zero-order valence-corrected chi connectivity index (χ0v) is 16.7. The zero-order chi connectivity index (χ0) is 20.1. The summed E-state index contributed by atoms with van der Waals surface area (Å²) in [5.74, 6) is -1.81. The molecular weight excluding hydrogens is 375 g/mol. The van der Waals surface area contributed by atoms with E-state index in [-0.39, 0.29) is 18.3 Å². The topological polar surface area (TPSA) is 81.4 Å². The standard InChI is InChI=1S/C21H23N2O4P/c1-28(2,26)19(24)14-27-21(25)18-13-22-15-23(18)20(16-9-5-3-6-10-16)17-11-7-4-8-12-17/h3-13,15,19-20,24H,14H2,1-2H3. The first-order valence-electron chi connectivity index (χ1n) is 8.89. The minimum absolute atomic E-state index is 0.256. The third-order valence-electron chi connectivity index (χ3n) is 4.47. The van der Waals surface area contributed by atoms with Crippen LogP contribution in [0.5, 0.6) is 0 Å². The van der Waals surface area contributed by atoms with Gasteiger partial charge in [0.2, 0.25) is 0 Å². The highest BCUT2D eigenvalue weighted by molar-refractivity contribution is 7.62. The Morgan fingerprint density at radius 1 is 1.07 bits per heavy atom. The molecule has 0 amide bonds. The highest BCUT2D eigenvalue weighted by Gasteiger charge is 2.26. The van der Waals surface area contributed by atoms with E-state index in [2.05, 4.69) is 4.98 Å². The van der Waals surface area contributed by atoms with Crippen LogP contribution in [0.3, 0.4) is 0 Å². The van der Waals surface area contributed by atoms with Crippen molar-refractivity contribution in [2.45, 2.75) is 11.9 Å². The van der Waals surface area contributed by atoms with E-state index in [1.54, 1.807) is 10.9 Å². The Balaban J connectivity index is 1.93.